The minimum Gasteiger partial charge on any atom is -0.350 e. The van der Waals surface area contributed by atoms with Gasteiger partial charge in [0, 0.05) is 29.7 Å². The standard InChI is InChI=1S/C19H17N3O2/c1-21-10-13(14-4-2-3-5-15(14)21)9-20-22-18(23)16-11-6-7-12(8-11)17(16)19(22)24/h2-7,9-12,16-17H,8H2,1H3/t11-,12-,16-,17+/m0/s1. The Bertz CT molecular complexity index is 909. The highest BCUT2D eigenvalue weighted by molar-refractivity contribution is 6.07. The van der Waals surface area contributed by atoms with Gasteiger partial charge in [-0.05, 0) is 24.3 Å². The summed E-state index contributed by atoms with van der Waals surface area (Å²) in [6, 6.07) is 8.01. The van der Waals surface area contributed by atoms with Gasteiger partial charge in [-0.3, -0.25) is 9.59 Å². The maximum absolute atomic E-state index is 12.6. The van der Waals surface area contributed by atoms with Crippen LogP contribution in [0, 0.1) is 23.7 Å². The Hall–Kier alpha value is -2.69. The lowest BCUT2D eigenvalue weighted by atomic mass is 9.85. The molecule has 24 heavy (non-hydrogen) atoms. The normalized spacial score (nSPS) is 31.1. The van der Waals surface area contributed by atoms with E-state index in [0.717, 1.165) is 27.9 Å². The number of rotatable bonds is 2. The fraction of sp³-hybridized carbons (Fsp3) is 0.316. The molecule has 1 aromatic carbocycles. The number of hydrazone groups is 1. The van der Waals surface area contributed by atoms with Gasteiger partial charge in [0.2, 0.25) is 0 Å². The third kappa shape index (κ3) is 1.67. The van der Waals surface area contributed by atoms with Crippen LogP contribution in [-0.2, 0) is 16.6 Å². The third-order valence-corrected chi connectivity index (χ3v) is 5.69. The van der Waals surface area contributed by atoms with Crippen LogP contribution in [0.3, 0.4) is 0 Å². The van der Waals surface area contributed by atoms with Gasteiger partial charge in [-0.1, -0.05) is 30.4 Å². The lowest BCUT2D eigenvalue weighted by Crippen LogP contribution is -2.28. The van der Waals surface area contributed by atoms with E-state index >= 15 is 0 Å². The largest absolute Gasteiger partial charge is 0.350 e. The molecule has 2 amide bonds. The van der Waals surface area contributed by atoms with E-state index in [0.29, 0.717) is 0 Å². The predicted molar refractivity (Wildman–Crippen MR) is 90.1 cm³/mol. The van der Waals surface area contributed by atoms with Crippen molar-refractivity contribution >= 4 is 28.9 Å². The van der Waals surface area contributed by atoms with Crippen LogP contribution in [0.15, 0.2) is 47.7 Å². The van der Waals surface area contributed by atoms with Crippen LogP contribution in [0.1, 0.15) is 12.0 Å². The average Bonchev–Trinajstić information content (AvgIpc) is 3.32. The summed E-state index contributed by atoms with van der Waals surface area (Å²) in [5.41, 5.74) is 2.00. The summed E-state index contributed by atoms with van der Waals surface area (Å²) < 4.78 is 2.02. The summed E-state index contributed by atoms with van der Waals surface area (Å²) in [5, 5.41) is 6.43. The van der Waals surface area contributed by atoms with Gasteiger partial charge in [0.1, 0.15) is 0 Å². The number of benzene rings is 1. The van der Waals surface area contributed by atoms with Crippen molar-refractivity contribution < 1.29 is 9.59 Å². The smallest absolute Gasteiger partial charge is 0.254 e. The first kappa shape index (κ1) is 13.7. The Morgan fingerprint density at radius 1 is 1.08 bits per heavy atom. The fourth-order valence-electron chi connectivity index (χ4n) is 4.60. The number of fused-ring (bicyclic) bond motifs is 6. The lowest BCUT2D eigenvalue weighted by Gasteiger charge is -2.13. The van der Waals surface area contributed by atoms with Crippen molar-refractivity contribution in [3.05, 3.63) is 48.2 Å². The molecule has 3 aliphatic rings. The van der Waals surface area contributed by atoms with E-state index in [1.165, 1.54) is 0 Å². The molecule has 0 radical (unpaired) electrons. The van der Waals surface area contributed by atoms with Crippen LogP contribution >= 0.6 is 0 Å². The Balaban J connectivity index is 1.49. The number of nitrogens with zero attached hydrogens (tertiary/aromatic N) is 3. The summed E-state index contributed by atoms with van der Waals surface area (Å²) in [6.07, 6.45) is 8.72. The lowest BCUT2D eigenvalue weighted by molar-refractivity contribution is -0.140. The van der Waals surface area contributed by atoms with Crippen LogP contribution in [0.2, 0.25) is 0 Å². The van der Waals surface area contributed by atoms with Crippen molar-refractivity contribution in [1.82, 2.24) is 9.58 Å². The highest BCUT2D eigenvalue weighted by atomic mass is 16.2. The average molecular weight is 319 g/mol. The van der Waals surface area contributed by atoms with E-state index in [1.807, 2.05) is 42.1 Å². The molecule has 5 rings (SSSR count). The first-order valence-corrected chi connectivity index (χ1v) is 8.29. The van der Waals surface area contributed by atoms with E-state index in [-0.39, 0.29) is 35.5 Å². The predicted octanol–water partition coefficient (Wildman–Crippen LogP) is 2.32. The number of allylic oxidation sites excluding steroid dienone is 2. The zero-order valence-electron chi connectivity index (χ0n) is 13.3. The van der Waals surface area contributed by atoms with E-state index in [1.54, 1.807) is 6.21 Å². The molecule has 1 aromatic heterocycles. The molecule has 120 valence electrons. The minimum absolute atomic E-state index is 0.140. The molecule has 5 heteroatoms. The zero-order chi connectivity index (χ0) is 16.4. The van der Waals surface area contributed by atoms with E-state index < -0.39 is 0 Å². The Morgan fingerprint density at radius 3 is 2.46 bits per heavy atom. The van der Waals surface area contributed by atoms with E-state index in [4.69, 9.17) is 0 Å². The number of carbonyl (C=O) groups excluding carboxylic acids is 2. The molecular formula is C19H17N3O2. The van der Waals surface area contributed by atoms with Crippen LogP contribution in [-0.4, -0.2) is 27.6 Å². The summed E-state index contributed by atoms with van der Waals surface area (Å²) in [6.45, 7) is 0. The summed E-state index contributed by atoms with van der Waals surface area (Å²) in [4.78, 5) is 25.3. The minimum atomic E-state index is -0.197. The number of carbonyl (C=O) groups is 2. The first-order valence-electron chi connectivity index (χ1n) is 8.29. The number of aromatic nitrogens is 1. The fourth-order valence-corrected chi connectivity index (χ4v) is 4.60. The van der Waals surface area contributed by atoms with Crippen molar-refractivity contribution in [3.63, 3.8) is 0 Å². The van der Waals surface area contributed by atoms with Gasteiger partial charge in [-0.25, -0.2) is 0 Å². The molecule has 1 saturated heterocycles. The van der Waals surface area contributed by atoms with Crippen LogP contribution < -0.4 is 0 Å². The van der Waals surface area contributed by atoms with Crippen molar-refractivity contribution in [2.24, 2.45) is 35.8 Å². The molecule has 0 unspecified atom stereocenters. The molecule has 2 bridgehead atoms. The maximum atomic E-state index is 12.6. The van der Waals surface area contributed by atoms with Crippen molar-refractivity contribution in [3.8, 4) is 0 Å². The second kappa shape index (κ2) is 4.66. The molecule has 5 nitrogen and oxygen atoms in total. The third-order valence-electron chi connectivity index (χ3n) is 5.69. The van der Waals surface area contributed by atoms with Gasteiger partial charge < -0.3 is 4.57 Å². The summed E-state index contributed by atoms with van der Waals surface area (Å²) in [7, 11) is 1.97. The molecule has 1 saturated carbocycles. The van der Waals surface area contributed by atoms with Crippen molar-refractivity contribution in [1.29, 1.82) is 0 Å². The van der Waals surface area contributed by atoms with E-state index in [9.17, 15) is 9.59 Å². The van der Waals surface area contributed by atoms with Crippen LogP contribution in [0.5, 0.6) is 0 Å². The number of aryl methyl sites for hydroxylation is 1. The zero-order valence-corrected chi connectivity index (χ0v) is 13.3. The SMILES string of the molecule is Cn1cc(C=NN2C(=O)[C@@H]3[C@H](C2=O)[C@H]2C=C[C@H]3C2)c2ccccc21. The quantitative estimate of drug-likeness (QED) is 0.484. The monoisotopic (exact) mass is 319 g/mol. The number of hydrogen-bond acceptors (Lipinski definition) is 3. The Morgan fingerprint density at radius 2 is 1.75 bits per heavy atom. The van der Waals surface area contributed by atoms with Gasteiger partial charge in [0.15, 0.2) is 0 Å². The van der Waals surface area contributed by atoms with Crippen molar-refractivity contribution in [2.75, 3.05) is 0 Å². The Labute approximate surface area is 139 Å². The van der Waals surface area contributed by atoms with Gasteiger partial charge in [0.25, 0.3) is 11.8 Å². The van der Waals surface area contributed by atoms with E-state index in [2.05, 4.69) is 17.3 Å². The van der Waals surface area contributed by atoms with Gasteiger partial charge in [-0.15, -0.1) is 0 Å². The number of amides is 2. The highest BCUT2D eigenvalue weighted by Crippen LogP contribution is 2.52. The molecule has 2 fully saturated rings. The van der Waals surface area contributed by atoms with Crippen molar-refractivity contribution in [2.45, 2.75) is 6.42 Å². The highest BCUT2D eigenvalue weighted by Gasteiger charge is 2.59. The molecule has 4 atom stereocenters. The first-order chi connectivity index (χ1) is 11.6. The molecule has 2 aliphatic carbocycles. The maximum Gasteiger partial charge on any atom is 0.254 e. The molecule has 2 heterocycles. The molecule has 0 N–H and O–H groups in total. The number of imide groups is 1. The summed E-state index contributed by atoms with van der Waals surface area (Å²) >= 11 is 0. The Kier molecular flexibility index (Phi) is 2.66. The molecule has 1 aliphatic heterocycles. The van der Waals surface area contributed by atoms with Gasteiger partial charge >= 0.3 is 0 Å². The van der Waals surface area contributed by atoms with Crippen LogP contribution in [0.4, 0.5) is 0 Å². The van der Waals surface area contributed by atoms with Gasteiger partial charge in [0.05, 0.1) is 18.1 Å². The molecule has 0 spiro atoms. The summed E-state index contributed by atoms with van der Waals surface area (Å²) in [5.74, 6) is -0.241. The number of hydrogen-bond donors (Lipinski definition) is 0. The van der Waals surface area contributed by atoms with Gasteiger partial charge in [-0.2, -0.15) is 10.1 Å². The number of para-hydroxylation sites is 1. The second-order valence-corrected chi connectivity index (χ2v) is 6.95. The topological polar surface area (TPSA) is 54.7 Å². The second-order valence-electron chi connectivity index (χ2n) is 6.95. The molecule has 2 aromatic rings. The molecular weight excluding hydrogens is 302 g/mol. The van der Waals surface area contributed by atoms with Crippen LogP contribution in [0.25, 0.3) is 10.9 Å².